The summed E-state index contributed by atoms with van der Waals surface area (Å²) in [7, 11) is 4.37. The molecule has 7 heteroatoms. The molecular weight excluding hydrogens is 342 g/mol. The lowest BCUT2D eigenvalue weighted by molar-refractivity contribution is 0.0606. The van der Waals surface area contributed by atoms with Crippen LogP contribution in [0.3, 0.4) is 0 Å². The van der Waals surface area contributed by atoms with Crippen LogP contribution in [0.1, 0.15) is 25.6 Å². The first kappa shape index (κ1) is 18.5. The monoisotopic (exact) mass is 361 g/mol. The van der Waals surface area contributed by atoms with Crippen molar-refractivity contribution in [2.24, 2.45) is 0 Å². The summed E-state index contributed by atoms with van der Waals surface area (Å²) in [5, 5.41) is 3.31. The fourth-order valence-electron chi connectivity index (χ4n) is 2.28. The van der Waals surface area contributed by atoms with Crippen molar-refractivity contribution in [3.63, 3.8) is 0 Å². The molecule has 0 aliphatic carbocycles. The second-order valence-electron chi connectivity index (χ2n) is 4.97. The van der Waals surface area contributed by atoms with E-state index >= 15 is 0 Å². The first-order valence-electron chi connectivity index (χ1n) is 7.39. The van der Waals surface area contributed by atoms with Gasteiger partial charge in [0.2, 0.25) is 0 Å². The van der Waals surface area contributed by atoms with Crippen molar-refractivity contribution in [3.8, 4) is 11.5 Å². The third kappa shape index (κ3) is 4.19. The van der Waals surface area contributed by atoms with Crippen molar-refractivity contribution < 1.29 is 23.8 Å². The molecule has 1 N–H and O–H groups in total. The Morgan fingerprint density at radius 3 is 2.56 bits per heavy atom. The van der Waals surface area contributed by atoms with Crippen LogP contribution >= 0.6 is 11.3 Å². The van der Waals surface area contributed by atoms with Crippen LogP contribution in [0.2, 0.25) is 0 Å². The number of carbonyl (C=O) groups excluding carboxylic acids is 2. The van der Waals surface area contributed by atoms with E-state index in [-0.39, 0.29) is 5.91 Å². The quantitative estimate of drug-likeness (QED) is 0.603. The second-order valence-corrected chi connectivity index (χ2v) is 6.06. The summed E-state index contributed by atoms with van der Waals surface area (Å²) in [4.78, 5) is 24.4. The molecule has 0 radical (unpaired) electrons. The topological polar surface area (TPSA) is 73.9 Å². The van der Waals surface area contributed by atoms with Gasteiger partial charge in [-0.05, 0) is 30.7 Å². The molecule has 0 spiro atoms. The van der Waals surface area contributed by atoms with E-state index in [0.29, 0.717) is 33.4 Å². The number of thiophene rings is 1. The minimum Gasteiger partial charge on any atom is -0.493 e. The van der Waals surface area contributed by atoms with E-state index in [9.17, 15) is 9.59 Å². The molecule has 132 valence electrons. The highest BCUT2D eigenvalue weighted by Crippen LogP contribution is 2.33. The lowest BCUT2D eigenvalue weighted by Crippen LogP contribution is -2.12. The molecule has 0 atom stereocenters. The van der Waals surface area contributed by atoms with Gasteiger partial charge in [-0.1, -0.05) is 6.08 Å². The smallest absolute Gasteiger partial charge is 0.348 e. The number of nitrogens with one attached hydrogen (secondary N) is 1. The highest BCUT2D eigenvalue weighted by Gasteiger charge is 2.17. The lowest BCUT2D eigenvalue weighted by Gasteiger charge is -2.14. The van der Waals surface area contributed by atoms with E-state index in [4.69, 9.17) is 9.47 Å². The summed E-state index contributed by atoms with van der Waals surface area (Å²) in [5.41, 5.74) is 1.21. The van der Waals surface area contributed by atoms with Crippen LogP contribution < -0.4 is 14.8 Å². The molecule has 0 aliphatic rings. The number of rotatable bonds is 7. The maximum atomic E-state index is 12.5. The summed E-state index contributed by atoms with van der Waals surface area (Å²) < 4.78 is 15.3. The van der Waals surface area contributed by atoms with Crippen LogP contribution in [0.5, 0.6) is 11.5 Å². The molecule has 1 aromatic heterocycles. The average molecular weight is 361 g/mol. The summed E-state index contributed by atoms with van der Waals surface area (Å²) in [6.07, 6.45) is 2.26. The van der Waals surface area contributed by atoms with Crippen molar-refractivity contribution in [3.05, 3.63) is 52.9 Å². The van der Waals surface area contributed by atoms with Crippen LogP contribution in [-0.4, -0.2) is 33.2 Å². The Labute approximate surface area is 150 Å². The molecule has 0 aliphatic heterocycles. The van der Waals surface area contributed by atoms with Crippen molar-refractivity contribution in [1.29, 1.82) is 0 Å². The summed E-state index contributed by atoms with van der Waals surface area (Å²) >= 11 is 1.14. The number of methoxy groups -OCH3 is 3. The van der Waals surface area contributed by atoms with Gasteiger partial charge in [-0.2, -0.15) is 0 Å². The normalized spacial score (nSPS) is 10.0. The zero-order valence-corrected chi connectivity index (χ0v) is 15.1. The Morgan fingerprint density at radius 2 is 1.96 bits per heavy atom. The van der Waals surface area contributed by atoms with Gasteiger partial charge in [-0.25, -0.2) is 4.79 Å². The fraction of sp³-hybridized carbons (Fsp3) is 0.222. The average Bonchev–Trinajstić information content (AvgIpc) is 3.08. The Kier molecular flexibility index (Phi) is 6.19. The van der Waals surface area contributed by atoms with Gasteiger partial charge < -0.3 is 19.5 Å². The van der Waals surface area contributed by atoms with E-state index < -0.39 is 5.97 Å². The number of amides is 1. The van der Waals surface area contributed by atoms with E-state index in [0.717, 1.165) is 16.9 Å². The van der Waals surface area contributed by atoms with Gasteiger partial charge in [0.05, 0.1) is 26.3 Å². The van der Waals surface area contributed by atoms with E-state index in [1.807, 2.05) is 0 Å². The predicted molar refractivity (Wildman–Crippen MR) is 97.1 cm³/mol. The largest absolute Gasteiger partial charge is 0.493 e. The third-order valence-electron chi connectivity index (χ3n) is 3.41. The minimum absolute atomic E-state index is 0.315. The standard InChI is InChI=1S/C18H19NO5S/c1-5-6-11-9-12(10-13(22-2)16(11)23-3)17(20)19-15-8-7-14(25-15)18(21)24-4/h5,7-10H,1,6H2,2-4H3,(H,19,20). The second kappa shape index (κ2) is 8.34. The van der Waals surface area contributed by atoms with Crippen LogP contribution in [0.25, 0.3) is 0 Å². The Balaban J connectivity index is 2.29. The molecule has 0 unspecified atom stereocenters. The first-order chi connectivity index (χ1) is 12.0. The SMILES string of the molecule is C=CCc1cc(C(=O)Nc2ccc(C(=O)OC)s2)cc(OC)c1OC. The molecule has 0 bridgehead atoms. The molecular formula is C18H19NO5S. The number of anilines is 1. The van der Waals surface area contributed by atoms with Gasteiger partial charge in [0.15, 0.2) is 11.5 Å². The van der Waals surface area contributed by atoms with Gasteiger partial charge in [-0.15, -0.1) is 17.9 Å². The van der Waals surface area contributed by atoms with Crippen molar-refractivity contribution in [2.75, 3.05) is 26.6 Å². The molecule has 0 saturated carbocycles. The minimum atomic E-state index is -0.440. The van der Waals surface area contributed by atoms with Crippen LogP contribution in [-0.2, 0) is 11.2 Å². The Hall–Kier alpha value is -2.80. The van der Waals surface area contributed by atoms with Gasteiger partial charge in [0.1, 0.15) is 4.88 Å². The molecule has 1 amide bonds. The Bertz CT molecular complexity index is 797. The molecule has 25 heavy (non-hydrogen) atoms. The first-order valence-corrected chi connectivity index (χ1v) is 8.21. The third-order valence-corrected chi connectivity index (χ3v) is 4.39. The molecule has 1 aromatic carbocycles. The number of benzene rings is 1. The number of ether oxygens (including phenoxy) is 3. The zero-order chi connectivity index (χ0) is 18.4. The van der Waals surface area contributed by atoms with E-state index in [1.54, 1.807) is 37.5 Å². The zero-order valence-electron chi connectivity index (χ0n) is 14.3. The number of hydrogen-bond acceptors (Lipinski definition) is 6. The summed E-state index contributed by atoms with van der Waals surface area (Å²) in [6.45, 7) is 3.72. The molecule has 2 rings (SSSR count). The highest BCUT2D eigenvalue weighted by atomic mass is 32.1. The molecule has 1 heterocycles. The molecule has 2 aromatic rings. The number of hydrogen-bond donors (Lipinski definition) is 1. The maximum absolute atomic E-state index is 12.5. The lowest BCUT2D eigenvalue weighted by atomic mass is 10.0. The van der Waals surface area contributed by atoms with Gasteiger partial charge in [0, 0.05) is 11.1 Å². The highest BCUT2D eigenvalue weighted by molar-refractivity contribution is 7.18. The fourth-order valence-corrected chi connectivity index (χ4v) is 3.10. The number of allylic oxidation sites excluding steroid dienone is 1. The van der Waals surface area contributed by atoms with Gasteiger partial charge >= 0.3 is 5.97 Å². The molecule has 0 fully saturated rings. The summed E-state index contributed by atoms with van der Waals surface area (Å²) in [5.74, 6) is 0.283. The molecule has 0 saturated heterocycles. The van der Waals surface area contributed by atoms with Gasteiger partial charge in [0.25, 0.3) is 5.91 Å². The van der Waals surface area contributed by atoms with Crippen molar-refractivity contribution in [1.82, 2.24) is 0 Å². The number of esters is 1. The van der Waals surface area contributed by atoms with Crippen LogP contribution in [0.4, 0.5) is 5.00 Å². The maximum Gasteiger partial charge on any atom is 0.348 e. The number of carbonyl (C=O) groups is 2. The van der Waals surface area contributed by atoms with Crippen LogP contribution in [0, 0.1) is 0 Å². The van der Waals surface area contributed by atoms with E-state index in [1.165, 1.54) is 14.2 Å². The van der Waals surface area contributed by atoms with Crippen LogP contribution in [0.15, 0.2) is 36.9 Å². The van der Waals surface area contributed by atoms with Crippen molar-refractivity contribution >= 4 is 28.2 Å². The van der Waals surface area contributed by atoms with E-state index in [2.05, 4.69) is 16.6 Å². The van der Waals surface area contributed by atoms with Gasteiger partial charge in [-0.3, -0.25) is 4.79 Å². The predicted octanol–water partition coefficient (Wildman–Crippen LogP) is 3.53. The Morgan fingerprint density at radius 1 is 1.20 bits per heavy atom. The molecule has 6 nitrogen and oxygen atoms in total. The summed E-state index contributed by atoms with van der Waals surface area (Å²) in [6, 6.07) is 6.59. The van der Waals surface area contributed by atoms with Crippen molar-refractivity contribution in [2.45, 2.75) is 6.42 Å².